The zero-order valence-corrected chi connectivity index (χ0v) is 12.6. The molecule has 0 aromatic heterocycles. The number of nitrogens with one attached hydrogen (secondary N) is 1. The molecule has 6 heteroatoms. The zero-order chi connectivity index (χ0) is 15.0. The summed E-state index contributed by atoms with van der Waals surface area (Å²) >= 11 is 0. The van der Waals surface area contributed by atoms with Crippen LogP contribution in [0.15, 0.2) is 23.1 Å². The Hall–Kier alpha value is -1.40. The summed E-state index contributed by atoms with van der Waals surface area (Å²) in [6, 6.07) is 4.57. The molecule has 20 heavy (non-hydrogen) atoms. The van der Waals surface area contributed by atoms with E-state index in [1.807, 2.05) is 6.92 Å². The highest BCUT2D eigenvalue weighted by Gasteiger charge is 2.30. The Morgan fingerprint density at radius 2 is 1.90 bits per heavy atom. The molecular formula is C14H20N2O3S. The van der Waals surface area contributed by atoms with Gasteiger partial charge in [-0.25, -0.2) is 13.6 Å². The third-order valence-corrected chi connectivity index (χ3v) is 4.93. The second-order valence-corrected chi connectivity index (χ2v) is 7.28. The van der Waals surface area contributed by atoms with Crippen LogP contribution in [-0.4, -0.2) is 19.9 Å². The molecule has 1 saturated carbocycles. The number of hydrogen-bond acceptors (Lipinski definition) is 3. The number of sulfonamides is 1. The average molecular weight is 296 g/mol. The number of hydrogen-bond donors (Lipinski definition) is 2. The van der Waals surface area contributed by atoms with Gasteiger partial charge in [-0.15, -0.1) is 0 Å². The lowest BCUT2D eigenvalue weighted by atomic mass is 10.00. The average Bonchev–Trinajstić information content (AvgIpc) is 2.74. The molecule has 0 radical (unpaired) electrons. The van der Waals surface area contributed by atoms with Gasteiger partial charge in [-0.05, 0) is 44.4 Å². The molecule has 0 saturated heterocycles. The SMILES string of the molecule is Cc1ccc(C(=O)NC2(C)CCCC2)cc1S(N)(=O)=O. The number of nitrogens with two attached hydrogens (primary N) is 1. The maximum atomic E-state index is 12.2. The highest BCUT2D eigenvalue weighted by atomic mass is 32.2. The van der Waals surface area contributed by atoms with Gasteiger partial charge in [0.1, 0.15) is 0 Å². The summed E-state index contributed by atoms with van der Waals surface area (Å²) in [6.45, 7) is 3.67. The second-order valence-electron chi connectivity index (χ2n) is 5.75. The van der Waals surface area contributed by atoms with Crippen LogP contribution in [0.2, 0.25) is 0 Å². The minimum atomic E-state index is -3.81. The maximum Gasteiger partial charge on any atom is 0.251 e. The van der Waals surface area contributed by atoms with Crippen LogP contribution >= 0.6 is 0 Å². The van der Waals surface area contributed by atoms with Gasteiger partial charge in [0.2, 0.25) is 10.0 Å². The Bertz CT molecular complexity index is 632. The molecule has 0 unspecified atom stereocenters. The van der Waals surface area contributed by atoms with Gasteiger partial charge < -0.3 is 5.32 Å². The zero-order valence-electron chi connectivity index (χ0n) is 11.8. The molecule has 1 aliphatic rings. The summed E-state index contributed by atoms with van der Waals surface area (Å²) in [7, 11) is -3.81. The van der Waals surface area contributed by atoms with E-state index >= 15 is 0 Å². The summed E-state index contributed by atoms with van der Waals surface area (Å²) in [4.78, 5) is 12.3. The Morgan fingerprint density at radius 1 is 1.30 bits per heavy atom. The van der Waals surface area contributed by atoms with Crippen LogP contribution in [0.3, 0.4) is 0 Å². The quantitative estimate of drug-likeness (QED) is 0.889. The van der Waals surface area contributed by atoms with Crippen molar-refractivity contribution >= 4 is 15.9 Å². The third kappa shape index (κ3) is 3.19. The van der Waals surface area contributed by atoms with E-state index in [-0.39, 0.29) is 16.3 Å². The lowest BCUT2D eigenvalue weighted by Crippen LogP contribution is -2.43. The fourth-order valence-corrected chi connectivity index (χ4v) is 3.48. The number of amides is 1. The van der Waals surface area contributed by atoms with E-state index in [1.165, 1.54) is 6.07 Å². The van der Waals surface area contributed by atoms with Crippen molar-refractivity contribution in [2.45, 2.75) is 50.0 Å². The third-order valence-electron chi connectivity index (χ3n) is 3.88. The summed E-state index contributed by atoms with van der Waals surface area (Å²) < 4.78 is 23.0. The molecule has 0 spiro atoms. The van der Waals surface area contributed by atoms with Crippen LogP contribution in [-0.2, 0) is 10.0 Å². The van der Waals surface area contributed by atoms with Gasteiger partial charge in [0.15, 0.2) is 0 Å². The number of benzene rings is 1. The summed E-state index contributed by atoms with van der Waals surface area (Å²) in [6.07, 6.45) is 4.11. The van der Waals surface area contributed by atoms with Gasteiger partial charge in [0.05, 0.1) is 4.90 Å². The van der Waals surface area contributed by atoms with Gasteiger partial charge in [-0.3, -0.25) is 4.79 Å². The molecule has 1 aromatic carbocycles. The molecule has 3 N–H and O–H groups in total. The molecule has 2 rings (SSSR count). The van der Waals surface area contributed by atoms with Crippen LogP contribution in [0.4, 0.5) is 0 Å². The van der Waals surface area contributed by atoms with Crippen molar-refractivity contribution in [1.29, 1.82) is 0 Å². The smallest absolute Gasteiger partial charge is 0.251 e. The van der Waals surface area contributed by atoms with Gasteiger partial charge in [-0.2, -0.15) is 0 Å². The van der Waals surface area contributed by atoms with Gasteiger partial charge >= 0.3 is 0 Å². The maximum absolute atomic E-state index is 12.2. The molecule has 1 aliphatic carbocycles. The molecule has 0 heterocycles. The normalized spacial score (nSPS) is 17.9. The number of aryl methyl sites for hydroxylation is 1. The molecule has 0 aliphatic heterocycles. The van der Waals surface area contributed by atoms with E-state index in [1.54, 1.807) is 19.1 Å². The van der Waals surface area contributed by atoms with E-state index in [9.17, 15) is 13.2 Å². The fourth-order valence-electron chi connectivity index (χ4n) is 2.67. The monoisotopic (exact) mass is 296 g/mol. The Balaban J connectivity index is 2.27. The van der Waals surface area contributed by atoms with Crippen molar-refractivity contribution in [2.24, 2.45) is 5.14 Å². The number of primary sulfonamides is 1. The molecule has 1 aromatic rings. The lowest BCUT2D eigenvalue weighted by molar-refractivity contribution is 0.0908. The van der Waals surface area contributed by atoms with Crippen LogP contribution in [0, 0.1) is 6.92 Å². The van der Waals surface area contributed by atoms with Crippen molar-refractivity contribution < 1.29 is 13.2 Å². The van der Waals surface area contributed by atoms with Crippen LogP contribution in [0.25, 0.3) is 0 Å². The van der Waals surface area contributed by atoms with E-state index in [4.69, 9.17) is 5.14 Å². The Morgan fingerprint density at radius 3 is 2.45 bits per heavy atom. The minimum absolute atomic E-state index is 0.00160. The first-order valence-electron chi connectivity index (χ1n) is 6.67. The first kappa shape index (κ1) is 15.0. The van der Waals surface area contributed by atoms with Crippen LogP contribution < -0.4 is 10.5 Å². The van der Waals surface area contributed by atoms with E-state index in [0.717, 1.165) is 25.7 Å². The largest absolute Gasteiger partial charge is 0.347 e. The van der Waals surface area contributed by atoms with Crippen molar-refractivity contribution in [3.63, 3.8) is 0 Å². The number of rotatable bonds is 3. The summed E-state index contributed by atoms with van der Waals surface area (Å²) in [5.74, 6) is -0.251. The van der Waals surface area contributed by atoms with E-state index in [0.29, 0.717) is 11.1 Å². The topological polar surface area (TPSA) is 89.3 Å². The standard InChI is InChI=1S/C14H20N2O3S/c1-10-5-6-11(9-12(10)20(15,18)19)13(17)16-14(2)7-3-4-8-14/h5-6,9H,3-4,7-8H2,1-2H3,(H,16,17)(H2,15,18,19). The number of carbonyl (C=O) groups is 1. The molecular weight excluding hydrogens is 276 g/mol. The van der Waals surface area contributed by atoms with Crippen LogP contribution in [0.1, 0.15) is 48.5 Å². The molecule has 110 valence electrons. The molecule has 0 bridgehead atoms. The predicted octanol–water partition coefficient (Wildman–Crippen LogP) is 1.70. The highest BCUT2D eigenvalue weighted by molar-refractivity contribution is 7.89. The van der Waals surface area contributed by atoms with Gasteiger partial charge in [0, 0.05) is 11.1 Å². The van der Waals surface area contributed by atoms with Crippen molar-refractivity contribution in [3.05, 3.63) is 29.3 Å². The number of carbonyl (C=O) groups excluding carboxylic acids is 1. The highest BCUT2D eigenvalue weighted by Crippen LogP contribution is 2.29. The van der Waals surface area contributed by atoms with E-state index in [2.05, 4.69) is 5.32 Å². The van der Waals surface area contributed by atoms with Crippen molar-refractivity contribution in [3.8, 4) is 0 Å². The fraction of sp³-hybridized carbons (Fsp3) is 0.500. The summed E-state index contributed by atoms with van der Waals surface area (Å²) in [5.41, 5.74) is 0.674. The van der Waals surface area contributed by atoms with Crippen molar-refractivity contribution in [1.82, 2.24) is 5.32 Å². The second kappa shape index (κ2) is 5.18. The van der Waals surface area contributed by atoms with Crippen molar-refractivity contribution in [2.75, 3.05) is 0 Å². The Kier molecular flexibility index (Phi) is 3.88. The van der Waals surface area contributed by atoms with Gasteiger partial charge in [-0.1, -0.05) is 18.9 Å². The lowest BCUT2D eigenvalue weighted by Gasteiger charge is -2.25. The van der Waals surface area contributed by atoms with E-state index < -0.39 is 10.0 Å². The first-order chi connectivity index (χ1) is 9.21. The molecule has 1 amide bonds. The molecule has 0 atom stereocenters. The van der Waals surface area contributed by atoms with Gasteiger partial charge in [0.25, 0.3) is 5.91 Å². The van der Waals surface area contributed by atoms with Crippen LogP contribution in [0.5, 0.6) is 0 Å². The minimum Gasteiger partial charge on any atom is -0.347 e. The molecule has 1 fully saturated rings. The summed E-state index contributed by atoms with van der Waals surface area (Å²) in [5, 5.41) is 8.15. The first-order valence-corrected chi connectivity index (χ1v) is 8.22. The Labute approximate surface area is 119 Å². The molecule has 5 nitrogen and oxygen atoms in total. The predicted molar refractivity (Wildman–Crippen MR) is 76.9 cm³/mol.